The van der Waals surface area contributed by atoms with Crippen LogP contribution in [0.5, 0.6) is 0 Å². The van der Waals surface area contributed by atoms with Gasteiger partial charge in [-0.25, -0.2) is 4.79 Å². The summed E-state index contributed by atoms with van der Waals surface area (Å²) >= 11 is 0. The molecule has 1 saturated heterocycles. The Bertz CT molecular complexity index is 605. The van der Waals surface area contributed by atoms with Crippen LogP contribution < -0.4 is 10.6 Å². The van der Waals surface area contributed by atoms with Crippen LogP contribution in [-0.2, 0) is 9.59 Å². The monoisotopic (exact) mass is 286 g/mol. The average molecular weight is 286 g/mol. The molecule has 2 rings (SSSR count). The maximum Gasteiger partial charge on any atom is 0.324 e. The number of carbonyl (C=O) groups is 3. The van der Waals surface area contributed by atoms with Crippen LogP contribution in [0.25, 0.3) is 0 Å². The number of anilines is 1. The fourth-order valence-corrected chi connectivity index (χ4v) is 1.97. The average Bonchev–Trinajstić information content (AvgIpc) is 2.79. The molecule has 0 bridgehead atoms. The lowest BCUT2D eigenvalue weighted by atomic mass is 10.2. The molecular formula is C14H14N4O3. The van der Waals surface area contributed by atoms with Gasteiger partial charge in [0.05, 0.1) is 18.2 Å². The summed E-state index contributed by atoms with van der Waals surface area (Å²) in [5.41, 5.74) is 1.01. The van der Waals surface area contributed by atoms with E-state index in [1.165, 1.54) is 0 Å². The summed E-state index contributed by atoms with van der Waals surface area (Å²) in [5.74, 6) is -0.501. The topological polar surface area (TPSA) is 102 Å². The van der Waals surface area contributed by atoms with Gasteiger partial charge in [0.15, 0.2) is 0 Å². The number of hydrogen-bond acceptors (Lipinski definition) is 4. The van der Waals surface area contributed by atoms with Crippen LogP contribution in [0.3, 0.4) is 0 Å². The molecule has 0 atom stereocenters. The van der Waals surface area contributed by atoms with E-state index in [1.54, 1.807) is 24.3 Å². The Hall–Kier alpha value is -2.88. The number of urea groups is 1. The van der Waals surface area contributed by atoms with Crippen LogP contribution in [-0.4, -0.2) is 35.8 Å². The van der Waals surface area contributed by atoms with Crippen LogP contribution >= 0.6 is 0 Å². The molecule has 108 valence electrons. The van der Waals surface area contributed by atoms with Crippen molar-refractivity contribution in [1.82, 2.24) is 10.2 Å². The van der Waals surface area contributed by atoms with Crippen LogP contribution in [0.15, 0.2) is 24.3 Å². The zero-order valence-corrected chi connectivity index (χ0v) is 11.3. The van der Waals surface area contributed by atoms with Gasteiger partial charge in [-0.2, -0.15) is 5.26 Å². The first-order valence-corrected chi connectivity index (χ1v) is 6.48. The van der Waals surface area contributed by atoms with E-state index in [0.29, 0.717) is 17.7 Å². The van der Waals surface area contributed by atoms with Crippen molar-refractivity contribution in [3.05, 3.63) is 29.8 Å². The Morgan fingerprint density at radius 2 is 2.24 bits per heavy atom. The van der Waals surface area contributed by atoms with Gasteiger partial charge in [-0.1, -0.05) is 6.07 Å². The lowest BCUT2D eigenvalue weighted by molar-refractivity contribution is -0.125. The molecule has 21 heavy (non-hydrogen) atoms. The maximum absolute atomic E-state index is 11.8. The van der Waals surface area contributed by atoms with Crippen LogP contribution in [0.2, 0.25) is 0 Å². The Morgan fingerprint density at radius 3 is 2.90 bits per heavy atom. The minimum atomic E-state index is -0.415. The van der Waals surface area contributed by atoms with Crippen molar-refractivity contribution in [2.75, 3.05) is 18.4 Å². The summed E-state index contributed by atoms with van der Waals surface area (Å²) in [4.78, 5) is 35.5. The summed E-state index contributed by atoms with van der Waals surface area (Å²) in [7, 11) is 0. The lowest BCUT2D eigenvalue weighted by Gasteiger charge is -2.11. The second-order valence-corrected chi connectivity index (χ2v) is 4.55. The molecule has 0 radical (unpaired) electrons. The molecule has 1 aromatic rings. The Morgan fingerprint density at radius 1 is 1.43 bits per heavy atom. The summed E-state index contributed by atoms with van der Waals surface area (Å²) in [5, 5.41) is 13.9. The Labute approximate surface area is 121 Å². The summed E-state index contributed by atoms with van der Waals surface area (Å²) in [6.07, 6.45) is 0.580. The number of nitriles is 1. The van der Waals surface area contributed by atoms with E-state index in [4.69, 9.17) is 5.26 Å². The number of benzene rings is 1. The van der Waals surface area contributed by atoms with Gasteiger partial charge < -0.3 is 10.6 Å². The van der Waals surface area contributed by atoms with E-state index < -0.39 is 6.03 Å². The highest BCUT2D eigenvalue weighted by molar-refractivity contribution is 6.02. The summed E-state index contributed by atoms with van der Waals surface area (Å²) in [6, 6.07) is 8.17. The number of nitrogens with one attached hydrogen (secondary N) is 2. The number of imide groups is 1. The van der Waals surface area contributed by atoms with Crippen molar-refractivity contribution >= 4 is 23.5 Å². The quantitative estimate of drug-likeness (QED) is 0.782. The van der Waals surface area contributed by atoms with Gasteiger partial charge in [-0.05, 0) is 24.6 Å². The normalized spacial score (nSPS) is 13.8. The fraction of sp³-hybridized carbons (Fsp3) is 0.286. The van der Waals surface area contributed by atoms with E-state index in [1.807, 2.05) is 6.07 Å². The van der Waals surface area contributed by atoms with Crippen molar-refractivity contribution < 1.29 is 14.4 Å². The number of nitrogens with zero attached hydrogens (tertiary/aromatic N) is 2. The minimum Gasteiger partial charge on any atom is -0.329 e. The Kier molecular flexibility index (Phi) is 4.51. The van der Waals surface area contributed by atoms with Gasteiger partial charge in [-0.3, -0.25) is 14.5 Å². The third kappa shape index (κ3) is 3.79. The first-order chi connectivity index (χ1) is 10.1. The van der Waals surface area contributed by atoms with E-state index in [0.717, 1.165) is 4.90 Å². The number of carbonyl (C=O) groups excluding carboxylic acids is 3. The molecule has 1 aliphatic heterocycles. The van der Waals surface area contributed by atoms with Gasteiger partial charge >= 0.3 is 6.03 Å². The van der Waals surface area contributed by atoms with Crippen LogP contribution in [0.4, 0.5) is 10.5 Å². The molecule has 1 aliphatic rings. The smallest absolute Gasteiger partial charge is 0.324 e. The highest BCUT2D eigenvalue weighted by atomic mass is 16.2. The molecule has 0 unspecified atom stereocenters. The van der Waals surface area contributed by atoms with Crippen LogP contribution in [0.1, 0.15) is 18.4 Å². The van der Waals surface area contributed by atoms with E-state index >= 15 is 0 Å². The molecule has 7 heteroatoms. The Balaban J connectivity index is 1.78. The predicted molar refractivity (Wildman–Crippen MR) is 74.1 cm³/mol. The number of amides is 4. The lowest BCUT2D eigenvalue weighted by Crippen LogP contribution is -2.32. The zero-order valence-electron chi connectivity index (χ0n) is 11.3. The largest absolute Gasteiger partial charge is 0.329 e. The van der Waals surface area contributed by atoms with Gasteiger partial charge in [-0.15, -0.1) is 0 Å². The first-order valence-electron chi connectivity index (χ1n) is 6.48. The van der Waals surface area contributed by atoms with Crippen molar-refractivity contribution in [1.29, 1.82) is 5.26 Å². The van der Waals surface area contributed by atoms with Crippen molar-refractivity contribution in [2.24, 2.45) is 0 Å². The predicted octanol–water partition coefficient (Wildman–Crippen LogP) is 0.829. The SMILES string of the molecule is N#Cc1cccc(NC(=O)CCCN2C(=O)CNC2=O)c1. The van der Waals surface area contributed by atoms with Crippen LogP contribution in [0, 0.1) is 11.3 Å². The van der Waals surface area contributed by atoms with Crippen molar-refractivity contribution in [3.63, 3.8) is 0 Å². The van der Waals surface area contributed by atoms with Gasteiger partial charge in [0.1, 0.15) is 0 Å². The number of rotatable bonds is 5. The molecule has 1 fully saturated rings. The molecule has 0 spiro atoms. The van der Waals surface area contributed by atoms with Crippen molar-refractivity contribution in [3.8, 4) is 6.07 Å². The molecule has 2 N–H and O–H groups in total. The third-order valence-corrected chi connectivity index (χ3v) is 3.00. The molecule has 7 nitrogen and oxygen atoms in total. The van der Waals surface area contributed by atoms with E-state index in [2.05, 4.69) is 10.6 Å². The summed E-state index contributed by atoms with van der Waals surface area (Å²) in [6.45, 7) is 0.238. The van der Waals surface area contributed by atoms with E-state index in [-0.39, 0.29) is 31.3 Å². The molecule has 1 heterocycles. The summed E-state index contributed by atoms with van der Waals surface area (Å²) < 4.78 is 0. The number of hydrogen-bond donors (Lipinski definition) is 2. The highest BCUT2D eigenvalue weighted by Crippen LogP contribution is 2.10. The zero-order chi connectivity index (χ0) is 15.2. The molecule has 0 saturated carbocycles. The molecule has 1 aromatic carbocycles. The second-order valence-electron chi connectivity index (χ2n) is 4.55. The van der Waals surface area contributed by atoms with Gasteiger partial charge in [0, 0.05) is 18.7 Å². The fourth-order valence-electron chi connectivity index (χ4n) is 1.97. The minimum absolute atomic E-state index is 0.0198. The highest BCUT2D eigenvalue weighted by Gasteiger charge is 2.27. The standard InChI is InChI=1S/C14H14N4O3/c15-8-10-3-1-4-11(7-10)17-12(19)5-2-6-18-13(20)9-16-14(18)21/h1,3-4,7H,2,5-6,9H2,(H,16,21)(H,17,19). The second kappa shape index (κ2) is 6.52. The molecule has 0 aromatic heterocycles. The van der Waals surface area contributed by atoms with Gasteiger partial charge in [0.25, 0.3) is 0 Å². The molecule has 0 aliphatic carbocycles. The molecule has 4 amide bonds. The third-order valence-electron chi connectivity index (χ3n) is 3.00. The van der Waals surface area contributed by atoms with Gasteiger partial charge in [0.2, 0.25) is 11.8 Å². The molecular weight excluding hydrogens is 272 g/mol. The van der Waals surface area contributed by atoms with E-state index in [9.17, 15) is 14.4 Å². The maximum atomic E-state index is 11.8. The first kappa shape index (κ1) is 14.5. The van der Waals surface area contributed by atoms with Crippen molar-refractivity contribution in [2.45, 2.75) is 12.8 Å².